The molecular weight excluding hydrogens is 276 g/mol. The molecule has 0 saturated heterocycles. The quantitative estimate of drug-likeness (QED) is 0.552. The molecule has 0 aromatic carbocycles. The van der Waals surface area contributed by atoms with Crippen LogP contribution in [0, 0.1) is 5.92 Å². The van der Waals surface area contributed by atoms with E-state index in [-0.39, 0.29) is 12.1 Å². The molecule has 0 spiro atoms. The zero-order valence-corrected chi connectivity index (χ0v) is 12.6. The van der Waals surface area contributed by atoms with Crippen LogP contribution in [0.15, 0.2) is 0 Å². The second kappa shape index (κ2) is 10.4. The van der Waals surface area contributed by atoms with Gasteiger partial charge in [-0.15, -0.1) is 0 Å². The average molecular weight is 302 g/mol. The normalized spacial score (nSPS) is 21.8. The molecule has 2 amide bonds. The lowest BCUT2D eigenvalue weighted by Crippen LogP contribution is -2.49. The van der Waals surface area contributed by atoms with Gasteiger partial charge in [-0.25, -0.2) is 4.79 Å². The molecule has 1 aliphatic carbocycles. The van der Waals surface area contributed by atoms with Gasteiger partial charge < -0.3 is 25.2 Å². The largest absolute Gasteiger partial charge is 0.481 e. The van der Waals surface area contributed by atoms with Crippen molar-refractivity contribution in [3.63, 3.8) is 0 Å². The van der Waals surface area contributed by atoms with E-state index in [2.05, 4.69) is 10.6 Å². The van der Waals surface area contributed by atoms with Gasteiger partial charge in [0.25, 0.3) is 0 Å². The predicted molar refractivity (Wildman–Crippen MR) is 77.2 cm³/mol. The molecule has 7 nitrogen and oxygen atoms in total. The molecule has 3 N–H and O–H groups in total. The summed E-state index contributed by atoms with van der Waals surface area (Å²) in [6.07, 6.45) is 3.94. The number of amides is 2. The fourth-order valence-electron chi connectivity index (χ4n) is 2.44. The van der Waals surface area contributed by atoms with Crippen LogP contribution < -0.4 is 10.6 Å². The topological polar surface area (TPSA) is 96.9 Å². The molecule has 2 atom stereocenters. The highest BCUT2D eigenvalue weighted by Crippen LogP contribution is 2.24. The van der Waals surface area contributed by atoms with E-state index in [4.69, 9.17) is 14.6 Å². The van der Waals surface area contributed by atoms with Gasteiger partial charge >= 0.3 is 12.0 Å². The minimum Gasteiger partial charge on any atom is -0.481 e. The van der Waals surface area contributed by atoms with Crippen LogP contribution >= 0.6 is 0 Å². The van der Waals surface area contributed by atoms with E-state index in [1.54, 1.807) is 7.11 Å². The first-order valence-electron chi connectivity index (χ1n) is 7.49. The van der Waals surface area contributed by atoms with E-state index >= 15 is 0 Å². The van der Waals surface area contributed by atoms with Gasteiger partial charge in [0.05, 0.1) is 19.1 Å². The number of urea groups is 1. The second-order valence-electron chi connectivity index (χ2n) is 5.19. The monoisotopic (exact) mass is 302 g/mol. The highest BCUT2D eigenvalue weighted by atomic mass is 16.5. The molecule has 0 aromatic rings. The summed E-state index contributed by atoms with van der Waals surface area (Å²) >= 11 is 0. The van der Waals surface area contributed by atoms with E-state index in [1.807, 2.05) is 0 Å². The molecule has 7 heteroatoms. The van der Waals surface area contributed by atoms with Crippen LogP contribution in [-0.2, 0) is 14.3 Å². The first-order valence-corrected chi connectivity index (χ1v) is 7.49. The van der Waals surface area contributed by atoms with Gasteiger partial charge in [0.2, 0.25) is 0 Å². The Balaban J connectivity index is 2.13. The van der Waals surface area contributed by atoms with Crippen molar-refractivity contribution < 1.29 is 24.2 Å². The third-order valence-electron chi connectivity index (χ3n) is 3.58. The smallest absolute Gasteiger partial charge is 0.315 e. The Morgan fingerprint density at radius 1 is 1.19 bits per heavy atom. The van der Waals surface area contributed by atoms with Crippen molar-refractivity contribution in [1.29, 1.82) is 0 Å². The first-order chi connectivity index (χ1) is 10.1. The van der Waals surface area contributed by atoms with Crippen molar-refractivity contribution in [2.75, 3.05) is 33.5 Å². The summed E-state index contributed by atoms with van der Waals surface area (Å²) in [6.45, 7) is 2.17. The maximum atomic E-state index is 11.7. The molecule has 21 heavy (non-hydrogen) atoms. The van der Waals surface area contributed by atoms with Crippen LogP contribution in [0.25, 0.3) is 0 Å². The molecule has 0 bridgehead atoms. The summed E-state index contributed by atoms with van der Waals surface area (Å²) in [6, 6.07) is -0.570. The minimum atomic E-state index is -0.827. The summed E-state index contributed by atoms with van der Waals surface area (Å²) in [5.41, 5.74) is 0. The highest BCUT2D eigenvalue weighted by molar-refractivity contribution is 5.76. The summed E-state index contributed by atoms with van der Waals surface area (Å²) in [4.78, 5) is 22.9. The zero-order chi connectivity index (χ0) is 15.5. The highest BCUT2D eigenvalue weighted by Gasteiger charge is 2.31. The number of rotatable bonds is 9. The lowest BCUT2D eigenvalue weighted by atomic mass is 9.84. The lowest BCUT2D eigenvalue weighted by Gasteiger charge is -2.29. The van der Waals surface area contributed by atoms with Crippen molar-refractivity contribution in [2.24, 2.45) is 5.92 Å². The Hall–Kier alpha value is -1.34. The molecule has 1 rings (SSSR count). The number of ether oxygens (including phenoxy) is 2. The van der Waals surface area contributed by atoms with E-state index in [0.717, 1.165) is 19.3 Å². The zero-order valence-electron chi connectivity index (χ0n) is 12.6. The number of hydrogen-bond acceptors (Lipinski definition) is 4. The van der Waals surface area contributed by atoms with Gasteiger partial charge in [-0.1, -0.05) is 12.8 Å². The fourth-order valence-corrected chi connectivity index (χ4v) is 2.44. The molecule has 0 radical (unpaired) electrons. The molecule has 0 heterocycles. The second-order valence-corrected chi connectivity index (χ2v) is 5.19. The molecule has 122 valence electrons. The van der Waals surface area contributed by atoms with E-state index < -0.39 is 11.9 Å². The number of hydrogen-bond donors (Lipinski definition) is 3. The maximum Gasteiger partial charge on any atom is 0.315 e. The van der Waals surface area contributed by atoms with Gasteiger partial charge in [0.1, 0.15) is 0 Å². The van der Waals surface area contributed by atoms with Crippen molar-refractivity contribution in [3.8, 4) is 0 Å². The van der Waals surface area contributed by atoms with Crippen molar-refractivity contribution in [3.05, 3.63) is 0 Å². The standard InChI is InChI=1S/C14H26N2O5/c1-20-9-10-21-8-4-7-15-14(19)16-12-6-3-2-5-11(12)13(17)18/h11-12H,2-10H2,1H3,(H,17,18)(H2,15,16,19). The maximum absolute atomic E-state index is 11.7. The fraction of sp³-hybridized carbons (Fsp3) is 0.857. The first kappa shape index (κ1) is 17.7. The Bertz CT molecular complexity index is 324. The Labute approximate surface area is 125 Å². The van der Waals surface area contributed by atoms with Crippen LogP contribution in [0.1, 0.15) is 32.1 Å². The summed E-state index contributed by atoms with van der Waals surface area (Å²) in [5, 5.41) is 14.6. The van der Waals surface area contributed by atoms with Crippen LogP contribution in [0.2, 0.25) is 0 Å². The van der Waals surface area contributed by atoms with Crippen molar-refractivity contribution in [1.82, 2.24) is 10.6 Å². The van der Waals surface area contributed by atoms with Crippen LogP contribution in [-0.4, -0.2) is 56.6 Å². The molecule has 1 saturated carbocycles. The minimum absolute atomic E-state index is 0.269. The third-order valence-corrected chi connectivity index (χ3v) is 3.58. The molecule has 0 aliphatic heterocycles. The van der Waals surface area contributed by atoms with Crippen molar-refractivity contribution in [2.45, 2.75) is 38.1 Å². The van der Waals surface area contributed by atoms with Gasteiger partial charge in [-0.3, -0.25) is 4.79 Å². The molecule has 0 aromatic heterocycles. The van der Waals surface area contributed by atoms with E-state index in [1.165, 1.54) is 0 Å². The average Bonchev–Trinajstić information content (AvgIpc) is 2.46. The molecule has 2 unspecified atom stereocenters. The Kier molecular flexibility index (Phi) is 8.77. The summed E-state index contributed by atoms with van der Waals surface area (Å²) in [7, 11) is 1.62. The number of carbonyl (C=O) groups is 2. The molecule has 1 fully saturated rings. The number of methoxy groups -OCH3 is 1. The van der Waals surface area contributed by atoms with Crippen LogP contribution in [0.5, 0.6) is 0 Å². The number of carboxylic acids is 1. The van der Waals surface area contributed by atoms with Gasteiger partial charge in [0, 0.05) is 26.3 Å². The van der Waals surface area contributed by atoms with Crippen molar-refractivity contribution >= 4 is 12.0 Å². The molecular formula is C14H26N2O5. The number of aliphatic carboxylic acids is 1. The SMILES string of the molecule is COCCOCCCNC(=O)NC1CCCCC1C(=O)O. The van der Waals surface area contributed by atoms with E-state index in [9.17, 15) is 9.59 Å². The van der Waals surface area contributed by atoms with Crippen LogP contribution in [0.4, 0.5) is 4.79 Å². The van der Waals surface area contributed by atoms with Gasteiger partial charge in [0.15, 0.2) is 0 Å². The Morgan fingerprint density at radius 2 is 1.95 bits per heavy atom. The van der Waals surface area contributed by atoms with Gasteiger partial charge in [-0.2, -0.15) is 0 Å². The number of carbonyl (C=O) groups excluding carboxylic acids is 1. The van der Waals surface area contributed by atoms with E-state index in [0.29, 0.717) is 39.2 Å². The Morgan fingerprint density at radius 3 is 2.67 bits per heavy atom. The number of nitrogens with one attached hydrogen (secondary N) is 2. The van der Waals surface area contributed by atoms with Crippen LogP contribution in [0.3, 0.4) is 0 Å². The summed E-state index contributed by atoms with van der Waals surface area (Å²) in [5.74, 6) is -1.30. The summed E-state index contributed by atoms with van der Waals surface area (Å²) < 4.78 is 10.1. The lowest BCUT2D eigenvalue weighted by molar-refractivity contribution is -0.143. The van der Waals surface area contributed by atoms with Gasteiger partial charge in [-0.05, 0) is 19.3 Å². The predicted octanol–water partition coefficient (Wildman–Crippen LogP) is 0.982. The number of carboxylic acid groups (broad SMARTS) is 1. The molecule has 1 aliphatic rings. The third kappa shape index (κ3) is 7.29.